The van der Waals surface area contributed by atoms with E-state index in [1.54, 1.807) is 23.0 Å². The molecule has 2 N–H and O–H groups in total. The molecule has 1 aliphatic carbocycles. The quantitative estimate of drug-likeness (QED) is 0.880. The summed E-state index contributed by atoms with van der Waals surface area (Å²) in [6.45, 7) is -0.0207. The molecule has 0 amide bonds. The van der Waals surface area contributed by atoms with Gasteiger partial charge in [-0.1, -0.05) is 12.1 Å². The van der Waals surface area contributed by atoms with Crippen LogP contribution in [-0.2, 0) is 13.2 Å². The molecule has 130 valence electrons. The number of alkyl halides is 3. The van der Waals surface area contributed by atoms with Crippen molar-refractivity contribution in [1.29, 1.82) is 0 Å². The Hall–Kier alpha value is -1.86. The van der Waals surface area contributed by atoms with E-state index in [1.807, 2.05) is 13.2 Å². The van der Waals surface area contributed by atoms with E-state index in [4.69, 9.17) is 0 Å². The standard InChI is InChI=1S/C17H20F3N3O/c1-23-9-13(8-21-23)16(10-24)22-15-6-12(7-15)11-2-4-14(5-3-11)17(18,19)20/h2-5,8-9,12,15-16,22,24H,6-7,10H2,1H3. The van der Waals surface area contributed by atoms with Gasteiger partial charge in [0.15, 0.2) is 0 Å². The molecule has 24 heavy (non-hydrogen) atoms. The summed E-state index contributed by atoms with van der Waals surface area (Å²) in [4.78, 5) is 0. The minimum atomic E-state index is -4.29. The number of aliphatic hydroxyl groups excluding tert-OH is 1. The second-order valence-electron chi connectivity index (χ2n) is 6.33. The van der Waals surface area contributed by atoms with E-state index in [9.17, 15) is 18.3 Å². The summed E-state index contributed by atoms with van der Waals surface area (Å²) < 4.78 is 39.4. The summed E-state index contributed by atoms with van der Waals surface area (Å²) in [5.41, 5.74) is 1.25. The summed E-state index contributed by atoms with van der Waals surface area (Å²) in [7, 11) is 1.82. The van der Waals surface area contributed by atoms with E-state index >= 15 is 0 Å². The fourth-order valence-electron chi connectivity index (χ4n) is 3.13. The number of nitrogens with zero attached hydrogens (tertiary/aromatic N) is 2. The second kappa shape index (κ2) is 6.57. The Balaban J connectivity index is 1.55. The molecule has 0 spiro atoms. The molecule has 1 unspecified atom stereocenters. The molecule has 1 aliphatic rings. The number of nitrogens with one attached hydrogen (secondary N) is 1. The Labute approximate surface area is 138 Å². The smallest absolute Gasteiger partial charge is 0.394 e. The molecule has 1 aromatic heterocycles. The zero-order valence-electron chi connectivity index (χ0n) is 13.3. The fraction of sp³-hybridized carbons (Fsp3) is 0.471. The largest absolute Gasteiger partial charge is 0.416 e. The maximum absolute atomic E-state index is 12.6. The molecule has 1 heterocycles. The molecule has 1 saturated carbocycles. The molecule has 0 bridgehead atoms. The van der Waals surface area contributed by atoms with Gasteiger partial charge in [-0.2, -0.15) is 18.3 Å². The Bertz CT molecular complexity index is 675. The van der Waals surface area contributed by atoms with Crippen LogP contribution in [0.1, 0.15) is 41.5 Å². The van der Waals surface area contributed by atoms with Crippen molar-refractivity contribution in [2.45, 2.75) is 37.0 Å². The van der Waals surface area contributed by atoms with Crippen LogP contribution in [-0.4, -0.2) is 27.5 Å². The van der Waals surface area contributed by atoms with Gasteiger partial charge in [0.2, 0.25) is 0 Å². The number of halogens is 3. The first kappa shape index (κ1) is 17.0. The van der Waals surface area contributed by atoms with E-state index in [0.717, 1.165) is 36.1 Å². The molecule has 2 aromatic rings. The van der Waals surface area contributed by atoms with Gasteiger partial charge >= 0.3 is 6.18 Å². The molecule has 1 aromatic carbocycles. The van der Waals surface area contributed by atoms with Gasteiger partial charge in [0, 0.05) is 24.8 Å². The van der Waals surface area contributed by atoms with E-state index in [1.165, 1.54) is 0 Å². The van der Waals surface area contributed by atoms with Gasteiger partial charge in [-0.15, -0.1) is 0 Å². The first-order chi connectivity index (χ1) is 11.4. The third-order valence-corrected chi connectivity index (χ3v) is 4.59. The minimum absolute atomic E-state index is 0.0207. The van der Waals surface area contributed by atoms with Crippen molar-refractivity contribution in [1.82, 2.24) is 15.1 Å². The number of hydrogen-bond donors (Lipinski definition) is 2. The van der Waals surface area contributed by atoms with Gasteiger partial charge in [0.25, 0.3) is 0 Å². The lowest BCUT2D eigenvalue weighted by Crippen LogP contribution is -2.43. The van der Waals surface area contributed by atoms with Gasteiger partial charge in [-0.3, -0.25) is 4.68 Å². The lowest BCUT2D eigenvalue weighted by molar-refractivity contribution is -0.137. The molecular weight excluding hydrogens is 319 g/mol. The van der Waals surface area contributed by atoms with Crippen LogP contribution in [0.4, 0.5) is 13.2 Å². The first-order valence-electron chi connectivity index (χ1n) is 7.89. The van der Waals surface area contributed by atoms with Crippen molar-refractivity contribution in [3.63, 3.8) is 0 Å². The number of benzene rings is 1. The molecule has 1 atom stereocenters. The minimum Gasteiger partial charge on any atom is -0.394 e. The molecular formula is C17H20F3N3O. The summed E-state index contributed by atoms with van der Waals surface area (Å²) in [5, 5.41) is 17.0. The second-order valence-corrected chi connectivity index (χ2v) is 6.33. The predicted octanol–water partition coefficient (Wildman–Crippen LogP) is 3.01. The SMILES string of the molecule is Cn1cc(C(CO)NC2CC(c3ccc(C(F)(F)F)cc3)C2)cn1. The third-order valence-electron chi connectivity index (χ3n) is 4.59. The monoisotopic (exact) mass is 339 g/mol. The highest BCUT2D eigenvalue weighted by atomic mass is 19.4. The van der Waals surface area contributed by atoms with Crippen LogP contribution in [0.2, 0.25) is 0 Å². The van der Waals surface area contributed by atoms with Gasteiger partial charge in [-0.05, 0) is 36.5 Å². The summed E-state index contributed by atoms with van der Waals surface area (Å²) in [6, 6.07) is 5.49. The molecule has 4 nitrogen and oxygen atoms in total. The van der Waals surface area contributed by atoms with Crippen LogP contribution in [0.15, 0.2) is 36.7 Å². The molecule has 3 rings (SSSR count). The number of aromatic nitrogens is 2. The summed E-state index contributed by atoms with van der Waals surface area (Å²) in [6.07, 6.45) is 0.990. The van der Waals surface area contributed by atoms with Crippen LogP contribution in [0.3, 0.4) is 0 Å². The van der Waals surface area contributed by atoms with E-state index in [-0.39, 0.29) is 24.6 Å². The average molecular weight is 339 g/mol. The summed E-state index contributed by atoms with van der Waals surface area (Å²) >= 11 is 0. The van der Waals surface area contributed by atoms with Crippen LogP contribution in [0, 0.1) is 0 Å². The normalized spacial score (nSPS) is 22.2. The van der Waals surface area contributed by atoms with Crippen molar-refractivity contribution < 1.29 is 18.3 Å². The zero-order valence-corrected chi connectivity index (χ0v) is 13.3. The Morgan fingerprint density at radius 2 is 1.96 bits per heavy atom. The van der Waals surface area contributed by atoms with Crippen LogP contribution in [0.5, 0.6) is 0 Å². The van der Waals surface area contributed by atoms with Crippen LogP contribution in [0.25, 0.3) is 0 Å². The maximum Gasteiger partial charge on any atom is 0.416 e. The van der Waals surface area contributed by atoms with E-state index < -0.39 is 11.7 Å². The predicted molar refractivity (Wildman–Crippen MR) is 83.4 cm³/mol. The van der Waals surface area contributed by atoms with E-state index in [2.05, 4.69) is 10.4 Å². The maximum atomic E-state index is 12.6. The van der Waals surface area contributed by atoms with E-state index in [0.29, 0.717) is 0 Å². The fourth-order valence-corrected chi connectivity index (χ4v) is 3.13. The third kappa shape index (κ3) is 3.62. The number of rotatable bonds is 5. The Kier molecular flexibility index (Phi) is 4.64. The number of aryl methyl sites for hydroxylation is 1. The van der Waals surface area contributed by atoms with Gasteiger partial charge in [0.1, 0.15) is 0 Å². The van der Waals surface area contributed by atoms with Gasteiger partial charge in [-0.25, -0.2) is 0 Å². The Morgan fingerprint density at radius 1 is 1.29 bits per heavy atom. The molecule has 1 fully saturated rings. The van der Waals surface area contributed by atoms with Crippen LogP contribution >= 0.6 is 0 Å². The highest BCUT2D eigenvalue weighted by Gasteiger charge is 2.34. The van der Waals surface area contributed by atoms with Crippen molar-refractivity contribution >= 4 is 0 Å². The lowest BCUT2D eigenvalue weighted by Gasteiger charge is -2.38. The first-order valence-corrected chi connectivity index (χ1v) is 7.89. The van der Waals surface area contributed by atoms with Gasteiger partial charge in [0.05, 0.1) is 24.4 Å². The van der Waals surface area contributed by atoms with Crippen molar-refractivity contribution in [3.05, 3.63) is 53.3 Å². The van der Waals surface area contributed by atoms with Gasteiger partial charge < -0.3 is 10.4 Å². The topological polar surface area (TPSA) is 50.1 Å². The average Bonchev–Trinajstić information content (AvgIpc) is 2.92. The van der Waals surface area contributed by atoms with Crippen LogP contribution < -0.4 is 5.32 Å². The lowest BCUT2D eigenvalue weighted by atomic mass is 9.75. The molecule has 0 saturated heterocycles. The Morgan fingerprint density at radius 3 is 2.46 bits per heavy atom. The van der Waals surface area contributed by atoms with Crippen molar-refractivity contribution in [2.75, 3.05) is 6.61 Å². The van der Waals surface area contributed by atoms with Crippen molar-refractivity contribution in [3.8, 4) is 0 Å². The summed E-state index contributed by atoms with van der Waals surface area (Å²) in [5.74, 6) is 0.262. The number of aliphatic hydroxyl groups is 1. The molecule has 0 aliphatic heterocycles. The zero-order chi connectivity index (χ0) is 17.3. The van der Waals surface area contributed by atoms with Crippen molar-refractivity contribution in [2.24, 2.45) is 7.05 Å². The highest BCUT2D eigenvalue weighted by molar-refractivity contribution is 5.29. The molecule has 0 radical (unpaired) electrons. The highest BCUT2D eigenvalue weighted by Crippen LogP contribution is 2.39. The number of hydrogen-bond acceptors (Lipinski definition) is 3. The molecule has 7 heteroatoms.